The van der Waals surface area contributed by atoms with E-state index in [4.69, 9.17) is 10.5 Å². The molecule has 3 aromatic carbocycles. The molecular formula is C33H41N3O4S. The standard InChI is InChI=1S/C33H41N3O4S/c1-4-11-30(41-23-26-16-19-27(40-3)20-17-26)33(39)36(29(31(37)35-2)22-25-14-9-6-10-15-25)32(38)28(34)21-18-24-12-7-5-8-13-24/h5-10,12-17,19-20,28-30H,4,11,18,21-23,34H2,1-3H3,(H,35,37)/t28-,29-,30?/m0/s1. The predicted octanol–water partition coefficient (Wildman–Crippen LogP) is 4.77. The third-order valence-corrected chi connectivity index (χ3v) is 8.29. The molecule has 0 radical (unpaired) electrons. The van der Waals surface area contributed by atoms with Gasteiger partial charge in [0.1, 0.15) is 11.8 Å². The number of aryl methyl sites for hydroxylation is 1. The number of nitrogens with two attached hydrogens (primary N) is 1. The fourth-order valence-corrected chi connectivity index (χ4v) is 5.85. The lowest BCUT2D eigenvalue weighted by Gasteiger charge is -2.33. The number of hydrogen-bond acceptors (Lipinski definition) is 6. The summed E-state index contributed by atoms with van der Waals surface area (Å²) < 4.78 is 5.25. The van der Waals surface area contributed by atoms with E-state index in [1.54, 1.807) is 7.11 Å². The molecule has 8 heteroatoms. The highest BCUT2D eigenvalue weighted by Gasteiger charge is 2.39. The van der Waals surface area contributed by atoms with E-state index in [-0.39, 0.29) is 12.3 Å². The summed E-state index contributed by atoms with van der Waals surface area (Å²) in [5.41, 5.74) is 9.39. The van der Waals surface area contributed by atoms with Crippen molar-refractivity contribution in [1.29, 1.82) is 0 Å². The number of ether oxygens (including phenoxy) is 1. The van der Waals surface area contributed by atoms with E-state index in [0.717, 1.165) is 33.8 Å². The van der Waals surface area contributed by atoms with Gasteiger partial charge in [-0.05, 0) is 48.1 Å². The van der Waals surface area contributed by atoms with Crippen molar-refractivity contribution in [2.45, 2.75) is 62.1 Å². The van der Waals surface area contributed by atoms with Crippen molar-refractivity contribution in [3.63, 3.8) is 0 Å². The van der Waals surface area contributed by atoms with Gasteiger partial charge in [-0.25, -0.2) is 0 Å². The highest BCUT2D eigenvalue weighted by molar-refractivity contribution is 7.99. The molecular weight excluding hydrogens is 534 g/mol. The molecule has 3 amide bonds. The lowest BCUT2D eigenvalue weighted by Crippen LogP contribution is -2.59. The molecule has 7 nitrogen and oxygen atoms in total. The highest BCUT2D eigenvalue weighted by Crippen LogP contribution is 2.27. The third kappa shape index (κ3) is 9.47. The zero-order chi connectivity index (χ0) is 29.6. The Kier molecular flexibility index (Phi) is 12.9. The van der Waals surface area contributed by atoms with Gasteiger partial charge in [0.2, 0.25) is 17.7 Å². The number of methoxy groups -OCH3 is 1. The lowest BCUT2D eigenvalue weighted by molar-refractivity contribution is -0.152. The van der Waals surface area contributed by atoms with Gasteiger partial charge in [0.25, 0.3) is 0 Å². The van der Waals surface area contributed by atoms with Crippen LogP contribution in [0.1, 0.15) is 42.9 Å². The summed E-state index contributed by atoms with van der Waals surface area (Å²) in [5, 5.41) is 2.15. The van der Waals surface area contributed by atoms with E-state index in [1.165, 1.54) is 18.8 Å². The lowest BCUT2D eigenvalue weighted by atomic mass is 10.00. The summed E-state index contributed by atoms with van der Waals surface area (Å²) >= 11 is 1.47. The minimum absolute atomic E-state index is 0.200. The van der Waals surface area contributed by atoms with Crippen LogP contribution < -0.4 is 15.8 Å². The summed E-state index contributed by atoms with van der Waals surface area (Å²) in [6.45, 7) is 2.01. The molecule has 3 rings (SSSR count). The molecule has 0 saturated carbocycles. The van der Waals surface area contributed by atoms with Crippen molar-refractivity contribution in [3.05, 3.63) is 102 Å². The van der Waals surface area contributed by atoms with Crippen molar-refractivity contribution < 1.29 is 19.1 Å². The number of amides is 3. The molecule has 3 N–H and O–H groups in total. The number of likely N-dealkylation sites (N-methyl/N-ethyl adjacent to an activating group) is 1. The number of carbonyl (C=O) groups is 3. The Hall–Kier alpha value is -3.62. The molecule has 3 aromatic rings. The molecule has 0 aliphatic carbocycles. The Morgan fingerprint density at radius 2 is 1.46 bits per heavy atom. The number of benzene rings is 3. The Labute approximate surface area is 247 Å². The first-order chi connectivity index (χ1) is 19.9. The maximum Gasteiger partial charge on any atom is 0.246 e. The molecule has 0 bridgehead atoms. The van der Waals surface area contributed by atoms with Gasteiger partial charge in [0, 0.05) is 19.2 Å². The number of rotatable bonds is 15. The van der Waals surface area contributed by atoms with Gasteiger partial charge in [-0.3, -0.25) is 19.3 Å². The smallest absolute Gasteiger partial charge is 0.246 e. The van der Waals surface area contributed by atoms with Crippen LogP contribution in [-0.4, -0.2) is 54.1 Å². The fraction of sp³-hybridized carbons (Fsp3) is 0.364. The molecule has 0 spiro atoms. The van der Waals surface area contributed by atoms with Gasteiger partial charge in [0.15, 0.2) is 0 Å². The largest absolute Gasteiger partial charge is 0.497 e. The number of thioether (sulfide) groups is 1. The maximum atomic E-state index is 14.3. The summed E-state index contributed by atoms with van der Waals surface area (Å²) in [4.78, 5) is 42.7. The summed E-state index contributed by atoms with van der Waals surface area (Å²) in [6, 6.07) is 24.9. The number of imide groups is 1. The average molecular weight is 576 g/mol. The van der Waals surface area contributed by atoms with Crippen LogP contribution in [-0.2, 0) is 33.0 Å². The van der Waals surface area contributed by atoms with Crippen LogP contribution in [0.5, 0.6) is 5.75 Å². The molecule has 0 aliphatic rings. The van der Waals surface area contributed by atoms with Gasteiger partial charge in [-0.1, -0.05) is 86.1 Å². The summed E-state index contributed by atoms with van der Waals surface area (Å²) in [5.74, 6) is 0.0274. The second kappa shape index (κ2) is 16.6. The second-order valence-corrected chi connectivity index (χ2v) is 11.1. The third-order valence-electron chi connectivity index (χ3n) is 6.95. The van der Waals surface area contributed by atoms with Gasteiger partial charge in [-0.15, -0.1) is 11.8 Å². The van der Waals surface area contributed by atoms with Crippen LogP contribution in [0, 0.1) is 0 Å². The minimum Gasteiger partial charge on any atom is -0.497 e. The zero-order valence-electron chi connectivity index (χ0n) is 24.1. The second-order valence-electron chi connectivity index (χ2n) is 9.93. The van der Waals surface area contributed by atoms with Crippen molar-refractivity contribution in [1.82, 2.24) is 10.2 Å². The number of nitrogens with one attached hydrogen (secondary N) is 1. The van der Waals surface area contributed by atoms with Crippen LogP contribution >= 0.6 is 11.8 Å². The normalized spacial score (nSPS) is 13.1. The Morgan fingerprint density at radius 1 is 0.854 bits per heavy atom. The van der Waals surface area contributed by atoms with Crippen LogP contribution in [0.4, 0.5) is 0 Å². The van der Waals surface area contributed by atoms with Crippen LogP contribution in [0.3, 0.4) is 0 Å². The van der Waals surface area contributed by atoms with Gasteiger partial charge in [0.05, 0.1) is 18.4 Å². The van der Waals surface area contributed by atoms with Crippen LogP contribution in [0.15, 0.2) is 84.9 Å². The summed E-state index contributed by atoms with van der Waals surface area (Å²) in [7, 11) is 3.14. The van der Waals surface area contributed by atoms with Crippen molar-refractivity contribution in [2.24, 2.45) is 5.73 Å². The Bertz CT molecular complexity index is 1240. The topological polar surface area (TPSA) is 102 Å². The first-order valence-electron chi connectivity index (χ1n) is 14.0. The Balaban J connectivity index is 1.90. The van der Waals surface area contributed by atoms with E-state index in [9.17, 15) is 14.4 Å². The van der Waals surface area contributed by atoms with Gasteiger partial charge in [-0.2, -0.15) is 0 Å². The molecule has 0 fully saturated rings. The van der Waals surface area contributed by atoms with Crippen molar-refractivity contribution >= 4 is 29.5 Å². The van der Waals surface area contributed by atoms with Crippen molar-refractivity contribution in [2.75, 3.05) is 14.2 Å². The SMILES string of the molecule is CCCC(SCc1ccc(OC)cc1)C(=O)N(C(=O)[C@@H](N)CCc1ccccc1)[C@@H](Cc1ccccc1)C(=O)NC. The highest BCUT2D eigenvalue weighted by atomic mass is 32.2. The average Bonchev–Trinajstić information content (AvgIpc) is 3.02. The molecule has 0 heterocycles. The predicted molar refractivity (Wildman–Crippen MR) is 166 cm³/mol. The van der Waals surface area contributed by atoms with E-state index < -0.39 is 29.1 Å². The van der Waals surface area contributed by atoms with Crippen LogP contribution in [0.2, 0.25) is 0 Å². The monoisotopic (exact) mass is 575 g/mol. The molecule has 0 saturated heterocycles. The molecule has 0 aromatic heterocycles. The van der Waals surface area contributed by atoms with Crippen LogP contribution in [0.25, 0.3) is 0 Å². The van der Waals surface area contributed by atoms with E-state index in [1.807, 2.05) is 91.9 Å². The maximum absolute atomic E-state index is 14.3. The number of hydrogen-bond donors (Lipinski definition) is 2. The molecule has 218 valence electrons. The van der Waals surface area contributed by atoms with Gasteiger partial charge < -0.3 is 15.8 Å². The minimum atomic E-state index is -1.02. The fourth-order valence-electron chi connectivity index (χ4n) is 4.60. The van der Waals surface area contributed by atoms with E-state index in [2.05, 4.69) is 5.32 Å². The zero-order valence-corrected chi connectivity index (χ0v) is 24.9. The van der Waals surface area contributed by atoms with Crippen molar-refractivity contribution in [3.8, 4) is 5.75 Å². The molecule has 3 atom stereocenters. The molecule has 1 unspecified atom stereocenters. The van der Waals surface area contributed by atoms with E-state index in [0.29, 0.717) is 25.0 Å². The molecule has 0 aliphatic heterocycles. The quantitative estimate of drug-likeness (QED) is 0.271. The van der Waals surface area contributed by atoms with Gasteiger partial charge >= 0.3 is 0 Å². The Morgan fingerprint density at radius 3 is 2.02 bits per heavy atom. The molecule has 41 heavy (non-hydrogen) atoms. The summed E-state index contributed by atoms with van der Waals surface area (Å²) in [6.07, 6.45) is 2.46. The first kappa shape index (κ1) is 31.9. The number of carbonyl (C=O) groups excluding carboxylic acids is 3. The van der Waals surface area contributed by atoms with E-state index >= 15 is 0 Å². The first-order valence-corrected chi connectivity index (χ1v) is 15.1. The number of nitrogens with zero attached hydrogens (tertiary/aromatic N) is 1.